The molecule has 62 heavy (non-hydrogen) atoms. The molecule has 0 saturated heterocycles. The van der Waals surface area contributed by atoms with Crippen molar-refractivity contribution in [2.75, 3.05) is 4.90 Å². The van der Waals surface area contributed by atoms with Crippen molar-refractivity contribution in [2.24, 2.45) is 0 Å². The van der Waals surface area contributed by atoms with Crippen molar-refractivity contribution in [2.45, 2.75) is 0 Å². The SMILES string of the molecule is c1ccc(-c2ccc(N(c3cccc(-c4cccc5c6ccccc6n(-c6ccccc6)c45)c3)c3ccccc3-c3ccccc3-c3ccccc3-c3ccccc3)cc2)cc1. The van der Waals surface area contributed by atoms with Gasteiger partial charge in [0.25, 0.3) is 0 Å². The molecule has 0 fully saturated rings. The summed E-state index contributed by atoms with van der Waals surface area (Å²) >= 11 is 0. The first-order valence-corrected chi connectivity index (χ1v) is 21.3. The maximum Gasteiger partial charge on any atom is 0.0619 e. The van der Waals surface area contributed by atoms with E-state index in [0.717, 1.165) is 33.9 Å². The van der Waals surface area contributed by atoms with E-state index in [1.54, 1.807) is 0 Å². The largest absolute Gasteiger partial charge is 0.310 e. The van der Waals surface area contributed by atoms with Crippen molar-refractivity contribution in [3.05, 3.63) is 255 Å². The summed E-state index contributed by atoms with van der Waals surface area (Å²) < 4.78 is 2.42. The van der Waals surface area contributed by atoms with Crippen LogP contribution in [0.1, 0.15) is 0 Å². The number of nitrogens with zero attached hydrogens (tertiary/aromatic N) is 2. The van der Waals surface area contributed by atoms with Crippen LogP contribution in [0.25, 0.3) is 83.1 Å². The molecule has 2 nitrogen and oxygen atoms in total. The predicted molar refractivity (Wildman–Crippen MR) is 263 cm³/mol. The highest BCUT2D eigenvalue weighted by Crippen LogP contribution is 2.47. The first-order valence-electron chi connectivity index (χ1n) is 21.3. The highest BCUT2D eigenvalue weighted by Gasteiger charge is 2.22. The minimum atomic E-state index is 1.07. The van der Waals surface area contributed by atoms with E-state index in [4.69, 9.17) is 0 Å². The highest BCUT2D eigenvalue weighted by atomic mass is 15.1. The Bertz CT molecular complexity index is 3330. The summed E-state index contributed by atoms with van der Waals surface area (Å²) in [5, 5.41) is 2.48. The number of para-hydroxylation sites is 4. The first kappa shape index (κ1) is 36.8. The molecule has 1 aromatic heterocycles. The summed E-state index contributed by atoms with van der Waals surface area (Å²) in [6, 6.07) is 92.1. The number of aromatic nitrogens is 1. The third-order valence-electron chi connectivity index (χ3n) is 12.0. The average Bonchev–Trinajstić information content (AvgIpc) is 3.70. The molecule has 11 rings (SSSR count). The van der Waals surface area contributed by atoms with Crippen molar-refractivity contribution < 1.29 is 0 Å². The van der Waals surface area contributed by atoms with E-state index in [2.05, 4.69) is 264 Å². The van der Waals surface area contributed by atoms with Crippen molar-refractivity contribution in [3.63, 3.8) is 0 Å². The Morgan fingerprint density at radius 2 is 0.758 bits per heavy atom. The summed E-state index contributed by atoms with van der Waals surface area (Å²) in [7, 11) is 0. The second-order valence-electron chi connectivity index (χ2n) is 15.7. The van der Waals surface area contributed by atoms with Crippen molar-refractivity contribution in [1.82, 2.24) is 4.57 Å². The Hall–Kier alpha value is -8.20. The van der Waals surface area contributed by atoms with E-state index in [1.165, 1.54) is 66.3 Å². The normalized spacial score (nSPS) is 11.2. The average molecular weight is 791 g/mol. The Morgan fingerprint density at radius 1 is 0.274 bits per heavy atom. The zero-order chi connectivity index (χ0) is 41.2. The lowest BCUT2D eigenvalue weighted by atomic mass is 9.88. The molecule has 0 N–H and O–H groups in total. The zero-order valence-electron chi connectivity index (χ0n) is 34.1. The molecule has 0 radical (unpaired) electrons. The maximum atomic E-state index is 2.43. The van der Waals surface area contributed by atoms with Crippen molar-refractivity contribution in [3.8, 4) is 61.3 Å². The molecule has 11 aromatic rings. The van der Waals surface area contributed by atoms with Gasteiger partial charge in [0.15, 0.2) is 0 Å². The fourth-order valence-electron chi connectivity index (χ4n) is 9.21. The minimum absolute atomic E-state index is 1.07. The fraction of sp³-hybridized carbons (Fsp3) is 0. The molecule has 2 heteroatoms. The van der Waals surface area contributed by atoms with Gasteiger partial charge in [-0.05, 0) is 93.0 Å². The molecule has 10 aromatic carbocycles. The maximum absolute atomic E-state index is 2.43. The van der Waals surface area contributed by atoms with Crippen LogP contribution in [0, 0.1) is 0 Å². The molecule has 0 aliphatic heterocycles. The first-order chi connectivity index (χ1) is 30.8. The highest BCUT2D eigenvalue weighted by molar-refractivity contribution is 6.14. The summed E-state index contributed by atoms with van der Waals surface area (Å²) in [5.74, 6) is 0. The quantitative estimate of drug-likeness (QED) is 0.141. The smallest absolute Gasteiger partial charge is 0.0619 e. The van der Waals surface area contributed by atoms with Crippen LogP contribution in [-0.2, 0) is 0 Å². The van der Waals surface area contributed by atoms with Gasteiger partial charge in [0.05, 0.1) is 16.7 Å². The van der Waals surface area contributed by atoms with Gasteiger partial charge in [-0.25, -0.2) is 0 Å². The molecule has 0 bridgehead atoms. The van der Waals surface area contributed by atoms with Crippen LogP contribution in [-0.4, -0.2) is 4.57 Å². The molecule has 0 atom stereocenters. The zero-order valence-corrected chi connectivity index (χ0v) is 34.1. The van der Waals surface area contributed by atoms with E-state index in [0.29, 0.717) is 0 Å². The summed E-state index contributed by atoms with van der Waals surface area (Å²) in [5.41, 5.74) is 18.6. The number of hydrogen-bond acceptors (Lipinski definition) is 1. The van der Waals surface area contributed by atoms with Gasteiger partial charge >= 0.3 is 0 Å². The number of hydrogen-bond donors (Lipinski definition) is 0. The predicted octanol–water partition coefficient (Wildman–Crippen LogP) is 16.6. The standard InChI is InChI=1S/C60H42N2/c1-4-20-43(21-5-1)44-38-40-48(41-39-44)61(58-36-16-14-32-55(58)54-31-13-12-30-53(54)52-29-11-10-28-50(52)45-22-6-2-7-23-45)49-27-18-24-46(42-49)51-34-19-35-57-56-33-15-17-37-59(56)62(60(51)57)47-25-8-3-9-26-47/h1-42H. The number of benzene rings is 10. The van der Waals surface area contributed by atoms with Crippen LogP contribution in [0.2, 0.25) is 0 Å². The lowest BCUT2D eigenvalue weighted by molar-refractivity contribution is 1.18. The van der Waals surface area contributed by atoms with Crippen LogP contribution >= 0.6 is 0 Å². The van der Waals surface area contributed by atoms with Gasteiger partial charge < -0.3 is 9.47 Å². The molecule has 0 unspecified atom stereocenters. The van der Waals surface area contributed by atoms with Crippen LogP contribution < -0.4 is 4.90 Å². The Labute approximate surface area is 362 Å². The Kier molecular flexibility index (Phi) is 9.57. The van der Waals surface area contributed by atoms with Gasteiger partial charge in [-0.3, -0.25) is 0 Å². The molecule has 0 aliphatic carbocycles. The molecular weight excluding hydrogens is 749 g/mol. The van der Waals surface area contributed by atoms with Crippen LogP contribution in [0.15, 0.2) is 255 Å². The molecule has 0 amide bonds. The van der Waals surface area contributed by atoms with E-state index in [-0.39, 0.29) is 0 Å². The second kappa shape index (κ2) is 16.1. The minimum Gasteiger partial charge on any atom is -0.310 e. The van der Waals surface area contributed by atoms with E-state index < -0.39 is 0 Å². The van der Waals surface area contributed by atoms with Crippen LogP contribution in [0.4, 0.5) is 17.1 Å². The summed E-state index contributed by atoms with van der Waals surface area (Å²) in [6.07, 6.45) is 0. The third-order valence-corrected chi connectivity index (χ3v) is 12.0. The molecule has 0 saturated carbocycles. The van der Waals surface area contributed by atoms with E-state index in [1.807, 2.05) is 0 Å². The molecule has 1 heterocycles. The van der Waals surface area contributed by atoms with E-state index in [9.17, 15) is 0 Å². The topological polar surface area (TPSA) is 8.17 Å². The lowest BCUT2D eigenvalue weighted by Crippen LogP contribution is -2.11. The Balaban J connectivity index is 1.12. The van der Waals surface area contributed by atoms with E-state index >= 15 is 0 Å². The van der Waals surface area contributed by atoms with Crippen LogP contribution in [0.5, 0.6) is 0 Å². The molecule has 292 valence electrons. The summed E-state index contributed by atoms with van der Waals surface area (Å²) in [4.78, 5) is 2.43. The van der Waals surface area contributed by atoms with Gasteiger partial charge in [-0.15, -0.1) is 0 Å². The summed E-state index contributed by atoms with van der Waals surface area (Å²) in [6.45, 7) is 0. The van der Waals surface area contributed by atoms with Gasteiger partial charge in [0.1, 0.15) is 0 Å². The second-order valence-corrected chi connectivity index (χ2v) is 15.7. The number of fused-ring (bicyclic) bond motifs is 3. The molecule has 0 spiro atoms. The van der Waals surface area contributed by atoms with Gasteiger partial charge in [0.2, 0.25) is 0 Å². The number of rotatable bonds is 9. The molecule has 0 aliphatic rings. The monoisotopic (exact) mass is 790 g/mol. The van der Waals surface area contributed by atoms with Crippen LogP contribution in [0.3, 0.4) is 0 Å². The van der Waals surface area contributed by atoms with Crippen molar-refractivity contribution in [1.29, 1.82) is 0 Å². The Morgan fingerprint density at radius 3 is 1.48 bits per heavy atom. The third kappa shape index (κ3) is 6.65. The fourth-order valence-corrected chi connectivity index (χ4v) is 9.21. The molecular formula is C60H42N2. The van der Waals surface area contributed by atoms with Gasteiger partial charge in [-0.1, -0.05) is 206 Å². The number of anilines is 3. The van der Waals surface area contributed by atoms with Crippen molar-refractivity contribution >= 4 is 38.9 Å². The van der Waals surface area contributed by atoms with Gasteiger partial charge in [0, 0.05) is 39.0 Å². The lowest BCUT2D eigenvalue weighted by Gasteiger charge is -2.29. The van der Waals surface area contributed by atoms with Gasteiger partial charge in [-0.2, -0.15) is 0 Å².